The fourth-order valence-electron chi connectivity index (χ4n) is 2.63. The Hall–Kier alpha value is -4.06. The number of amides is 1. The Morgan fingerprint density at radius 3 is 2.61 bits per heavy atom. The molecular formula is C22H19F2N3O4. The van der Waals surface area contributed by atoms with E-state index in [9.17, 15) is 13.6 Å². The molecule has 0 saturated heterocycles. The monoisotopic (exact) mass is 427 g/mol. The molecule has 0 aliphatic heterocycles. The van der Waals surface area contributed by atoms with Crippen LogP contribution in [0.2, 0.25) is 0 Å². The summed E-state index contributed by atoms with van der Waals surface area (Å²) in [6, 6.07) is 9.84. The molecule has 1 aromatic heterocycles. The number of hydrogen-bond acceptors (Lipinski definition) is 5. The molecule has 0 aliphatic rings. The maximum absolute atomic E-state index is 13.4. The molecule has 1 heterocycles. The van der Waals surface area contributed by atoms with Crippen molar-refractivity contribution in [2.24, 2.45) is 0 Å². The maximum atomic E-state index is 13.4. The smallest absolute Gasteiger partial charge is 0.270 e. The number of H-pyrrole nitrogens is 1. The quantitative estimate of drug-likeness (QED) is 0.566. The molecule has 7 nitrogen and oxygen atoms in total. The molecule has 0 aliphatic carbocycles. The molecule has 2 N–H and O–H groups in total. The van der Waals surface area contributed by atoms with Crippen molar-refractivity contribution in [3.63, 3.8) is 0 Å². The Labute approximate surface area is 177 Å². The fraction of sp³-hybridized carbons (Fsp3) is 0.182. The highest BCUT2D eigenvalue weighted by Gasteiger charge is 2.14. The van der Waals surface area contributed by atoms with E-state index in [4.69, 9.17) is 14.2 Å². The van der Waals surface area contributed by atoms with Crippen LogP contribution in [0.5, 0.6) is 17.2 Å². The molecule has 0 spiro atoms. The van der Waals surface area contributed by atoms with Gasteiger partial charge >= 0.3 is 0 Å². The summed E-state index contributed by atoms with van der Waals surface area (Å²) in [5.41, 5.74) is 1.43. The van der Waals surface area contributed by atoms with Gasteiger partial charge in [0.05, 0.1) is 26.5 Å². The van der Waals surface area contributed by atoms with Gasteiger partial charge in [0.1, 0.15) is 29.6 Å². The average molecular weight is 427 g/mol. The molecule has 160 valence electrons. The number of ether oxygens (including phenoxy) is 3. The molecule has 0 unspecified atom stereocenters. The van der Waals surface area contributed by atoms with Gasteiger partial charge < -0.3 is 19.5 Å². The molecule has 9 heteroatoms. The Balaban J connectivity index is 1.55. The number of halogens is 2. The van der Waals surface area contributed by atoms with E-state index in [1.165, 1.54) is 6.07 Å². The molecule has 31 heavy (non-hydrogen) atoms. The number of benzene rings is 2. The first-order valence-electron chi connectivity index (χ1n) is 9.11. The van der Waals surface area contributed by atoms with E-state index in [1.54, 1.807) is 38.5 Å². The van der Waals surface area contributed by atoms with Gasteiger partial charge in [0.15, 0.2) is 11.6 Å². The van der Waals surface area contributed by atoms with Crippen molar-refractivity contribution in [3.05, 3.63) is 59.8 Å². The summed E-state index contributed by atoms with van der Waals surface area (Å²) < 4.78 is 41.9. The minimum atomic E-state index is -0.808. The second-order valence-electron chi connectivity index (χ2n) is 6.13. The van der Waals surface area contributed by atoms with Crippen LogP contribution in [-0.4, -0.2) is 43.5 Å². The molecule has 0 fully saturated rings. The van der Waals surface area contributed by atoms with Crippen LogP contribution in [0.25, 0.3) is 11.3 Å². The Bertz CT molecular complexity index is 1140. The zero-order valence-electron chi connectivity index (χ0n) is 16.8. The van der Waals surface area contributed by atoms with Crippen LogP contribution in [-0.2, 0) is 0 Å². The molecule has 3 rings (SSSR count). The van der Waals surface area contributed by atoms with E-state index >= 15 is 0 Å². The van der Waals surface area contributed by atoms with Gasteiger partial charge in [0, 0.05) is 11.6 Å². The van der Waals surface area contributed by atoms with Crippen molar-refractivity contribution in [3.8, 4) is 40.3 Å². The van der Waals surface area contributed by atoms with Crippen LogP contribution in [0, 0.1) is 23.5 Å². The summed E-state index contributed by atoms with van der Waals surface area (Å²) in [6.07, 6.45) is 0. The van der Waals surface area contributed by atoms with Crippen LogP contribution in [0.3, 0.4) is 0 Å². The van der Waals surface area contributed by atoms with E-state index in [0.717, 1.165) is 12.1 Å². The number of nitrogens with one attached hydrogen (secondary N) is 2. The second-order valence-corrected chi connectivity index (χ2v) is 6.13. The van der Waals surface area contributed by atoms with Gasteiger partial charge in [0.25, 0.3) is 5.91 Å². The van der Waals surface area contributed by atoms with E-state index in [0.29, 0.717) is 22.8 Å². The number of carbonyl (C=O) groups excluding carboxylic acids is 1. The molecular weight excluding hydrogens is 408 g/mol. The van der Waals surface area contributed by atoms with E-state index < -0.39 is 17.5 Å². The Morgan fingerprint density at radius 2 is 1.87 bits per heavy atom. The molecule has 3 aromatic rings. The Morgan fingerprint density at radius 1 is 1.06 bits per heavy atom. The summed E-state index contributed by atoms with van der Waals surface area (Å²) in [5, 5.41) is 9.44. The largest absolute Gasteiger partial charge is 0.497 e. The summed E-state index contributed by atoms with van der Waals surface area (Å²) in [6.45, 7) is -0.0623. The minimum absolute atomic E-state index is 0.0466. The van der Waals surface area contributed by atoms with E-state index in [2.05, 4.69) is 27.4 Å². The molecule has 2 aromatic carbocycles. The summed E-state index contributed by atoms with van der Waals surface area (Å²) in [5.74, 6) is 4.54. The number of carbonyl (C=O) groups is 1. The first-order valence-corrected chi connectivity index (χ1v) is 9.11. The number of nitrogens with zero attached hydrogens (tertiary/aromatic N) is 1. The second kappa shape index (κ2) is 10.1. The van der Waals surface area contributed by atoms with Crippen molar-refractivity contribution in [1.29, 1.82) is 0 Å². The van der Waals surface area contributed by atoms with Crippen LogP contribution in [0.1, 0.15) is 10.5 Å². The van der Waals surface area contributed by atoms with Crippen LogP contribution in [0.4, 0.5) is 8.78 Å². The highest BCUT2D eigenvalue weighted by Crippen LogP contribution is 2.32. The average Bonchev–Trinajstić information content (AvgIpc) is 3.27. The van der Waals surface area contributed by atoms with Crippen molar-refractivity contribution in [2.45, 2.75) is 0 Å². The number of aromatic nitrogens is 2. The molecule has 0 saturated carbocycles. The van der Waals surface area contributed by atoms with Crippen molar-refractivity contribution in [1.82, 2.24) is 15.5 Å². The third-order valence-electron chi connectivity index (χ3n) is 4.16. The lowest BCUT2D eigenvalue weighted by Crippen LogP contribution is -2.24. The SMILES string of the molecule is COc1ccc(OC)c(-c2cc(C(=O)NCC#CCOc3ccc(F)cc3F)[nH]n2)c1. The fourth-order valence-corrected chi connectivity index (χ4v) is 2.63. The lowest BCUT2D eigenvalue weighted by Gasteiger charge is -2.08. The minimum Gasteiger partial charge on any atom is -0.497 e. The molecule has 0 radical (unpaired) electrons. The number of hydrogen-bond donors (Lipinski definition) is 2. The summed E-state index contributed by atoms with van der Waals surface area (Å²) in [7, 11) is 3.09. The first-order chi connectivity index (χ1) is 15.0. The summed E-state index contributed by atoms with van der Waals surface area (Å²) in [4.78, 5) is 12.3. The number of methoxy groups -OCH3 is 2. The normalized spacial score (nSPS) is 10.1. The van der Waals surface area contributed by atoms with E-state index in [-0.39, 0.29) is 24.6 Å². The summed E-state index contributed by atoms with van der Waals surface area (Å²) >= 11 is 0. The van der Waals surface area contributed by atoms with E-state index in [1.807, 2.05) is 0 Å². The molecule has 1 amide bonds. The van der Waals surface area contributed by atoms with Crippen LogP contribution < -0.4 is 19.5 Å². The molecule has 0 bridgehead atoms. The first kappa shape index (κ1) is 21.6. The highest BCUT2D eigenvalue weighted by atomic mass is 19.1. The zero-order valence-corrected chi connectivity index (χ0v) is 16.8. The highest BCUT2D eigenvalue weighted by molar-refractivity contribution is 5.93. The predicted octanol–water partition coefficient (Wildman–Crippen LogP) is 3.18. The topological polar surface area (TPSA) is 85.5 Å². The lowest BCUT2D eigenvalue weighted by molar-refractivity contribution is 0.0953. The standard InChI is InChI=1S/C22H19F2N3O4/c1-29-15-6-8-20(30-2)16(12-15)18-13-19(27-26-18)22(28)25-9-3-4-10-31-21-7-5-14(23)11-17(21)24/h5-8,11-13H,9-10H2,1-2H3,(H,25,28)(H,26,27). The van der Waals surface area contributed by atoms with Gasteiger partial charge in [-0.15, -0.1) is 0 Å². The van der Waals surface area contributed by atoms with Crippen molar-refractivity contribution < 1.29 is 27.8 Å². The number of aromatic amines is 1. The van der Waals surface area contributed by atoms with Crippen molar-refractivity contribution >= 4 is 5.91 Å². The molecule has 0 atom stereocenters. The third-order valence-corrected chi connectivity index (χ3v) is 4.16. The van der Waals surface area contributed by atoms with Crippen LogP contribution in [0.15, 0.2) is 42.5 Å². The van der Waals surface area contributed by atoms with Gasteiger partial charge in [-0.2, -0.15) is 5.10 Å². The van der Waals surface area contributed by atoms with Gasteiger partial charge in [-0.1, -0.05) is 11.8 Å². The Kier molecular flexibility index (Phi) is 7.06. The van der Waals surface area contributed by atoms with Gasteiger partial charge in [-0.25, -0.2) is 8.78 Å². The maximum Gasteiger partial charge on any atom is 0.270 e. The lowest BCUT2D eigenvalue weighted by atomic mass is 10.1. The van der Waals surface area contributed by atoms with Gasteiger partial charge in [-0.3, -0.25) is 9.89 Å². The van der Waals surface area contributed by atoms with Crippen LogP contribution >= 0.6 is 0 Å². The van der Waals surface area contributed by atoms with Crippen molar-refractivity contribution in [2.75, 3.05) is 27.4 Å². The van der Waals surface area contributed by atoms with Gasteiger partial charge in [0.2, 0.25) is 0 Å². The zero-order chi connectivity index (χ0) is 22.2. The van der Waals surface area contributed by atoms with Gasteiger partial charge in [-0.05, 0) is 36.4 Å². The predicted molar refractivity (Wildman–Crippen MR) is 109 cm³/mol. The number of rotatable bonds is 7. The third kappa shape index (κ3) is 5.51.